The Morgan fingerprint density at radius 3 is 2.33 bits per heavy atom. The van der Waals surface area contributed by atoms with Crippen molar-refractivity contribution in [2.24, 2.45) is 0 Å². The molecule has 9 heteroatoms. The first kappa shape index (κ1) is 22.4. The van der Waals surface area contributed by atoms with Gasteiger partial charge in [-0.3, -0.25) is 4.72 Å². The number of sulfonamides is 1. The number of hydrogen-bond acceptors (Lipinski definition) is 6. The van der Waals surface area contributed by atoms with Crippen LogP contribution in [0.1, 0.15) is 32.0 Å². The molecule has 0 atom stereocenters. The number of rotatable bonds is 4. The van der Waals surface area contributed by atoms with E-state index in [-0.39, 0.29) is 7.52 Å². The van der Waals surface area contributed by atoms with Gasteiger partial charge in [0.05, 0.1) is 11.4 Å². The molecule has 1 saturated heterocycles. The number of piperazine rings is 1. The van der Waals surface area contributed by atoms with Gasteiger partial charge in [-0.2, -0.15) is 0 Å². The number of thiophene rings is 1. The van der Waals surface area contributed by atoms with Gasteiger partial charge in [0, 0.05) is 37.4 Å². The van der Waals surface area contributed by atoms with E-state index >= 15 is 0 Å². The van der Waals surface area contributed by atoms with Crippen molar-refractivity contribution >= 4 is 38.8 Å². The molecule has 0 aliphatic carbocycles. The van der Waals surface area contributed by atoms with Gasteiger partial charge in [-0.05, 0) is 52.8 Å². The zero-order valence-electron chi connectivity index (χ0n) is 18.1. The fourth-order valence-electron chi connectivity index (χ4n) is 3.37. The highest BCUT2D eigenvalue weighted by Gasteiger charge is 2.27. The molecule has 166 valence electrons. The number of carbonyl (C=O) groups excluding carboxylic acids is 1. The molecule has 2 aromatic rings. The van der Waals surface area contributed by atoms with Crippen molar-refractivity contribution in [3.8, 4) is 0 Å². The average Bonchev–Trinajstić information content (AvgIpc) is 3.00. The molecule has 1 amide bonds. The third kappa shape index (κ3) is 5.26. The van der Waals surface area contributed by atoms with Crippen molar-refractivity contribution in [3.05, 3.63) is 40.1 Å². The first-order chi connectivity index (χ1) is 14.0. The molecule has 7 nitrogen and oxygen atoms in total. The van der Waals surface area contributed by atoms with Crippen LogP contribution in [-0.2, 0) is 14.8 Å². The van der Waals surface area contributed by atoms with Crippen molar-refractivity contribution in [1.82, 2.24) is 4.90 Å². The standard InChI is InChI=1S/C21H29N3O4S2.H2/c1-15-14-19(16(2)29-15)30(26,27)22-17-8-6-7-9-18(17)23-10-12-24(13-11-23)20(25)28-21(3,4)5;/h6-9,14,22H,10-13H2,1-5H3;1H. The second-order valence-corrected chi connectivity index (χ2v) is 11.5. The molecule has 0 spiro atoms. The number of amides is 1. The largest absolute Gasteiger partial charge is 0.444 e. The molecule has 0 radical (unpaired) electrons. The van der Waals surface area contributed by atoms with E-state index in [1.165, 1.54) is 11.3 Å². The van der Waals surface area contributed by atoms with E-state index < -0.39 is 15.6 Å². The lowest BCUT2D eigenvalue weighted by molar-refractivity contribution is 0.0240. The molecule has 2 heterocycles. The Morgan fingerprint density at radius 1 is 1.13 bits per heavy atom. The van der Waals surface area contributed by atoms with Crippen LogP contribution in [0.2, 0.25) is 0 Å². The lowest BCUT2D eigenvalue weighted by Gasteiger charge is -2.37. The maximum absolute atomic E-state index is 13.0. The molecule has 30 heavy (non-hydrogen) atoms. The molecular formula is C21H31N3O4S2. The van der Waals surface area contributed by atoms with E-state index in [0.717, 1.165) is 15.4 Å². The minimum absolute atomic E-state index is 0. The van der Waals surface area contributed by atoms with Gasteiger partial charge in [0.25, 0.3) is 10.0 Å². The molecular weight excluding hydrogens is 422 g/mol. The van der Waals surface area contributed by atoms with Gasteiger partial charge in [0.1, 0.15) is 10.5 Å². The van der Waals surface area contributed by atoms with E-state index in [2.05, 4.69) is 9.62 Å². The Labute approximate surface area is 184 Å². The van der Waals surface area contributed by atoms with Gasteiger partial charge >= 0.3 is 6.09 Å². The zero-order chi connectivity index (χ0) is 22.1. The monoisotopic (exact) mass is 453 g/mol. The Bertz CT molecular complexity index is 1020. The summed E-state index contributed by atoms with van der Waals surface area (Å²) in [6.07, 6.45) is -0.320. The number of carbonyl (C=O) groups is 1. The SMILES string of the molecule is Cc1cc(S(=O)(=O)Nc2ccccc2N2CCN(C(=O)OC(C)(C)C)CC2)c(C)s1.[HH]. The molecule has 1 aromatic carbocycles. The number of ether oxygens (including phenoxy) is 1. The van der Waals surface area contributed by atoms with Crippen LogP contribution in [0.5, 0.6) is 0 Å². The number of hydrogen-bond donors (Lipinski definition) is 1. The highest BCUT2D eigenvalue weighted by atomic mass is 32.2. The lowest BCUT2D eigenvalue weighted by atomic mass is 10.2. The van der Waals surface area contributed by atoms with Crippen molar-refractivity contribution in [2.45, 2.75) is 45.1 Å². The van der Waals surface area contributed by atoms with Gasteiger partial charge in [0.15, 0.2) is 0 Å². The number of benzene rings is 1. The number of anilines is 2. The van der Waals surface area contributed by atoms with E-state index in [1.807, 2.05) is 52.8 Å². The summed E-state index contributed by atoms with van der Waals surface area (Å²) in [4.78, 5) is 18.1. The third-order valence-electron chi connectivity index (χ3n) is 4.71. The summed E-state index contributed by atoms with van der Waals surface area (Å²) in [5, 5.41) is 0. The van der Waals surface area contributed by atoms with Crippen molar-refractivity contribution in [3.63, 3.8) is 0 Å². The second kappa shape index (κ2) is 8.47. The van der Waals surface area contributed by atoms with Crippen molar-refractivity contribution in [2.75, 3.05) is 35.8 Å². The molecule has 0 saturated carbocycles. The molecule has 1 aliphatic heterocycles. The minimum Gasteiger partial charge on any atom is -0.444 e. The molecule has 0 unspecified atom stereocenters. The molecule has 1 fully saturated rings. The van der Waals surface area contributed by atoms with Crippen LogP contribution in [0.3, 0.4) is 0 Å². The fourth-order valence-corrected chi connectivity index (χ4v) is 6.00. The van der Waals surface area contributed by atoms with Gasteiger partial charge in [-0.1, -0.05) is 12.1 Å². The predicted molar refractivity (Wildman–Crippen MR) is 123 cm³/mol. The second-order valence-electron chi connectivity index (χ2n) is 8.35. The van der Waals surface area contributed by atoms with Crippen LogP contribution in [0.15, 0.2) is 35.2 Å². The van der Waals surface area contributed by atoms with Gasteiger partial charge in [-0.15, -0.1) is 11.3 Å². The van der Waals surface area contributed by atoms with Crippen LogP contribution in [0, 0.1) is 13.8 Å². The Balaban J connectivity index is 0.00000341. The molecule has 1 aromatic heterocycles. The van der Waals surface area contributed by atoms with E-state index in [9.17, 15) is 13.2 Å². The fraction of sp³-hybridized carbons (Fsp3) is 0.476. The van der Waals surface area contributed by atoms with Crippen LogP contribution in [0.25, 0.3) is 0 Å². The van der Waals surface area contributed by atoms with Gasteiger partial charge in [0.2, 0.25) is 0 Å². The minimum atomic E-state index is -3.68. The van der Waals surface area contributed by atoms with E-state index in [0.29, 0.717) is 36.8 Å². The van der Waals surface area contributed by atoms with Gasteiger partial charge < -0.3 is 14.5 Å². The van der Waals surface area contributed by atoms with Gasteiger partial charge in [-0.25, -0.2) is 13.2 Å². The van der Waals surface area contributed by atoms with Crippen molar-refractivity contribution in [1.29, 1.82) is 0 Å². The van der Waals surface area contributed by atoms with Crippen LogP contribution in [-0.4, -0.2) is 51.2 Å². The summed E-state index contributed by atoms with van der Waals surface area (Å²) in [6, 6.07) is 9.05. The number of para-hydroxylation sites is 2. The third-order valence-corrected chi connectivity index (χ3v) is 7.29. The normalized spacial score (nSPS) is 15.2. The average molecular weight is 454 g/mol. The highest BCUT2D eigenvalue weighted by Crippen LogP contribution is 2.31. The molecule has 1 N–H and O–H groups in total. The van der Waals surface area contributed by atoms with Crippen molar-refractivity contribution < 1.29 is 19.4 Å². The molecule has 0 bridgehead atoms. The van der Waals surface area contributed by atoms with Crippen LogP contribution < -0.4 is 9.62 Å². The number of nitrogens with zero attached hydrogens (tertiary/aromatic N) is 2. The number of aryl methyl sites for hydroxylation is 2. The summed E-state index contributed by atoms with van der Waals surface area (Å²) < 4.78 is 34.1. The topological polar surface area (TPSA) is 79.0 Å². The summed E-state index contributed by atoms with van der Waals surface area (Å²) >= 11 is 1.47. The molecule has 1 aliphatic rings. The summed E-state index contributed by atoms with van der Waals surface area (Å²) in [6.45, 7) is 11.5. The van der Waals surface area contributed by atoms with Crippen LogP contribution >= 0.6 is 11.3 Å². The predicted octanol–water partition coefficient (Wildman–Crippen LogP) is 4.47. The zero-order valence-corrected chi connectivity index (χ0v) is 19.7. The maximum atomic E-state index is 13.0. The highest BCUT2D eigenvalue weighted by molar-refractivity contribution is 7.93. The smallest absolute Gasteiger partial charge is 0.410 e. The Kier molecular flexibility index (Phi) is 6.33. The van der Waals surface area contributed by atoms with E-state index in [4.69, 9.17) is 4.74 Å². The van der Waals surface area contributed by atoms with Crippen LogP contribution in [0.4, 0.5) is 16.2 Å². The Morgan fingerprint density at radius 2 is 1.77 bits per heavy atom. The quantitative estimate of drug-likeness (QED) is 0.739. The Hall–Kier alpha value is -2.26. The maximum Gasteiger partial charge on any atom is 0.410 e. The summed E-state index contributed by atoms with van der Waals surface area (Å²) in [5.41, 5.74) is 0.804. The lowest BCUT2D eigenvalue weighted by Crippen LogP contribution is -2.50. The molecule has 3 rings (SSSR count). The van der Waals surface area contributed by atoms with E-state index in [1.54, 1.807) is 17.0 Å². The summed E-state index contributed by atoms with van der Waals surface area (Å²) in [5.74, 6) is 0. The summed E-state index contributed by atoms with van der Waals surface area (Å²) in [7, 11) is -3.68. The number of nitrogens with one attached hydrogen (secondary N) is 1. The first-order valence-corrected chi connectivity index (χ1v) is 12.2. The first-order valence-electron chi connectivity index (χ1n) is 9.88.